The standard InChI is InChI=1S/C21H29BF2O5/c1-4-14(5-2)13-28-20(26)18-8-6-7-15-11-16(22(27)29-19(15)18)12-17(25)9-10-21(3,23)24/h6-8,14,16,27H,4-5,9-13H2,1-3H3/t16-/m1/s1. The number of carbonyl (C=O) groups excluding carboxylic acids is 2. The van der Waals surface area contributed by atoms with E-state index in [2.05, 4.69) is 0 Å². The molecule has 0 radical (unpaired) electrons. The van der Waals surface area contributed by atoms with Crippen molar-refractivity contribution in [2.45, 2.75) is 71.0 Å². The minimum absolute atomic E-state index is 0.0555. The van der Waals surface area contributed by atoms with Gasteiger partial charge >= 0.3 is 13.1 Å². The fraction of sp³-hybridized carbons (Fsp3) is 0.619. The van der Waals surface area contributed by atoms with Crippen LogP contribution in [0.15, 0.2) is 18.2 Å². The topological polar surface area (TPSA) is 72.8 Å². The third-order valence-electron chi connectivity index (χ3n) is 5.38. The van der Waals surface area contributed by atoms with Crippen molar-refractivity contribution in [3.63, 3.8) is 0 Å². The van der Waals surface area contributed by atoms with Gasteiger partial charge in [-0.25, -0.2) is 13.6 Å². The molecule has 1 aromatic carbocycles. The lowest BCUT2D eigenvalue weighted by atomic mass is 9.64. The molecule has 0 aliphatic carbocycles. The molecule has 29 heavy (non-hydrogen) atoms. The van der Waals surface area contributed by atoms with Crippen molar-refractivity contribution in [1.82, 2.24) is 0 Å². The van der Waals surface area contributed by atoms with Crippen LogP contribution in [-0.4, -0.2) is 36.4 Å². The monoisotopic (exact) mass is 410 g/mol. The smallest absolute Gasteiger partial charge is 0.526 e. The zero-order chi connectivity index (χ0) is 21.6. The van der Waals surface area contributed by atoms with E-state index in [1.807, 2.05) is 13.8 Å². The third-order valence-corrected chi connectivity index (χ3v) is 5.38. The molecule has 1 aliphatic heterocycles. The van der Waals surface area contributed by atoms with Gasteiger partial charge in [0, 0.05) is 25.1 Å². The van der Waals surface area contributed by atoms with Crippen LogP contribution in [0.5, 0.6) is 5.75 Å². The predicted molar refractivity (Wildman–Crippen MR) is 106 cm³/mol. The number of ketones is 1. The first-order valence-corrected chi connectivity index (χ1v) is 10.2. The first-order chi connectivity index (χ1) is 13.6. The van der Waals surface area contributed by atoms with Crippen LogP contribution in [-0.2, 0) is 16.0 Å². The third kappa shape index (κ3) is 6.80. The maximum Gasteiger partial charge on any atom is 0.526 e. The molecule has 8 heteroatoms. The van der Waals surface area contributed by atoms with Gasteiger partial charge in [-0.1, -0.05) is 38.8 Å². The Hall–Kier alpha value is -1.96. The molecule has 5 nitrogen and oxygen atoms in total. The Balaban J connectivity index is 2.04. The second-order valence-corrected chi connectivity index (χ2v) is 7.86. The highest BCUT2D eigenvalue weighted by Gasteiger charge is 2.38. The van der Waals surface area contributed by atoms with E-state index in [1.54, 1.807) is 18.2 Å². The average Bonchev–Trinajstić information content (AvgIpc) is 2.66. The fourth-order valence-electron chi connectivity index (χ4n) is 3.37. The van der Waals surface area contributed by atoms with Crippen LogP contribution in [0.2, 0.25) is 5.82 Å². The van der Waals surface area contributed by atoms with E-state index in [0.29, 0.717) is 18.6 Å². The van der Waals surface area contributed by atoms with E-state index in [1.165, 1.54) is 0 Å². The molecule has 1 atom stereocenters. The van der Waals surface area contributed by atoms with Crippen LogP contribution in [0.3, 0.4) is 0 Å². The molecule has 0 unspecified atom stereocenters. The summed E-state index contributed by atoms with van der Waals surface area (Å²) < 4.78 is 36.8. The van der Waals surface area contributed by atoms with Gasteiger partial charge in [-0.15, -0.1) is 0 Å². The maximum absolute atomic E-state index is 12.9. The number of halogens is 2. The second kappa shape index (κ2) is 10.2. The van der Waals surface area contributed by atoms with Crippen molar-refractivity contribution >= 4 is 18.9 Å². The van der Waals surface area contributed by atoms with Crippen LogP contribution in [0.1, 0.15) is 68.8 Å². The Morgan fingerprint density at radius 2 is 2.03 bits per heavy atom. The number of alkyl halides is 2. The molecule has 1 aliphatic rings. The zero-order valence-corrected chi connectivity index (χ0v) is 17.2. The zero-order valence-electron chi connectivity index (χ0n) is 17.2. The van der Waals surface area contributed by atoms with Gasteiger partial charge in [0.05, 0.1) is 6.61 Å². The quantitative estimate of drug-likeness (QED) is 0.456. The summed E-state index contributed by atoms with van der Waals surface area (Å²) in [5.74, 6) is -3.75. The Morgan fingerprint density at radius 1 is 1.34 bits per heavy atom. The largest absolute Gasteiger partial charge is 0.535 e. The molecule has 0 saturated heterocycles. The number of fused-ring (bicyclic) bond motifs is 1. The van der Waals surface area contributed by atoms with Gasteiger partial charge in [-0.05, 0) is 30.9 Å². The number of rotatable bonds is 10. The van der Waals surface area contributed by atoms with Gasteiger partial charge in [0.15, 0.2) is 0 Å². The summed E-state index contributed by atoms with van der Waals surface area (Å²) in [6.45, 7) is 5.17. The summed E-state index contributed by atoms with van der Waals surface area (Å²) in [5.41, 5.74) is 0.925. The lowest BCUT2D eigenvalue weighted by Crippen LogP contribution is -2.36. The van der Waals surface area contributed by atoms with E-state index in [9.17, 15) is 23.4 Å². The van der Waals surface area contributed by atoms with Gasteiger partial charge in [0.1, 0.15) is 17.1 Å². The van der Waals surface area contributed by atoms with E-state index >= 15 is 0 Å². The average molecular weight is 410 g/mol. The van der Waals surface area contributed by atoms with Crippen LogP contribution >= 0.6 is 0 Å². The van der Waals surface area contributed by atoms with E-state index < -0.39 is 31.2 Å². The first-order valence-electron chi connectivity index (χ1n) is 10.2. The summed E-state index contributed by atoms with van der Waals surface area (Å²) in [5, 5.41) is 10.3. The van der Waals surface area contributed by atoms with Gasteiger partial charge < -0.3 is 14.4 Å². The van der Waals surface area contributed by atoms with Gasteiger partial charge in [0.25, 0.3) is 0 Å². The van der Waals surface area contributed by atoms with Crippen molar-refractivity contribution in [2.24, 2.45) is 5.92 Å². The number of hydrogen-bond acceptors (Lipinski definition) is 5. The summed E-state index contributed by atoms with van der Waals surface area (Å²) in [7, 11) is -1.29. The molecule has 2 rings (SSSR count). The Labute approximate surface area is 170 Å². The Bertz CT molecular complexity index is 716. The normalized spacial score (nSPS) is 16.4. The number of carbonyl (C=O) groups is 2. The molecule has 0 saturated carbocycles. The lowest BCUT2D eigenvalue weighted by Gasteiger charge is -2.28. The SMILES string of the molecule is CCC(CC)COC(=O)c1cccc2c1OB(O)[C@@H](CC(=O)CCC(C)(F)F)C2. The molecule has 0 aromatic heterocycles. The number of benzene rings is 1. The molecular formula is C21H29BF2O5. The molecule has 160 valence electrons. The van der Waals surface area contributed by atoms with E-state index in [0.717, 1.165) is 19.8 Å². The number of ether oxygens (including phenoxy) is 1. The molecule has 0 fully saturated rings. The van der Waals surface area contributed by atoms with Gasteiger partial charge in [-0.2, -0.15) is 0 Å². The molecule has 0 amide bonds. The minimum Gasteiger partial charge on any atom is -0.535 e. The maximum atomic E-state index is 12.9. The number of Topliss-reactive ketones (excluding diaryl/α,β-unsaturated/α-hetero) is 1. The van der Waals surface area contributed by atoms with E-state index in [-0.39, 0.29) is 35.9 Å². The minimum atomic E-state index is -2.90. The summed E-state index contributed by atoms with van der Waals surface area (Å²) in [6.07, 6.45) is 1.32. The molecule has 1 heterocycles. The van der Waals surface area contributed by atoms with Crippen LogP contribution in [0.25, 0.3) is 0 Å². The highest BCUT2D eigenvalue weighted by Crippen LogP contribution is 2.37. The Morgan fingerprint density at radius 3 is 2.66 bits per heavy atom. The predicted octanol–water partition coefficient (Wildman–Crippen LogP) is 4.46. The molecule has 1 aromatic rings. The van der Waals surface area contributed by atoms with E-state index in [4.69, 9.17) is 9.39 Å². The number of esters is 1. The summed E-state index contributed by atoms with van der Waals surface area (Å²) >= 11 is 0. The van der Waals surface area contributed by atoms with Crippen molar-refractivity contribution in [3.05, 3.63) is 29.3 Å². The fourth-order valence-corrected chi connectivity index (χ4v) is 3.37. The highest BCUT2D eigenvalue weighted by molar-refractivity contribution is 6.47. The second-order valence-electron chi connectivity index (χ2n) is 7.86. The number of hydrogen-bond donors (Lipinski definition) is 1. The molecular weight excluding hydrogens is 381 g/mol. The summed E-state index contributed by atoms with van der Waals surface area (Å²) in [4.78, 5) is 24.5. The molecule has 0 bridgehead atoms. The van der Waals surface area contributed by atoms with Crippen molar-refractivity contribution in [1.29, 1.82) is 0 Å². The summed E-state index contributed by atoms with van der Waals surface area (Å²) in [6, 6.07) is 5.04. The molecule has 1 N–H and O–H groups in total. The van der Waals surface area contributed by atoms with Crippen molar-refractivity contribution in [2.75, 3.05) is 6.61 Å². The van der Waals surface area contributed by atoms with Gasteiger partial charge in [-0.3, -0.25) is 4.79 Å². The first kappa shape index (κ1) is 23.3. The lowest BCUT2D eigenvalue weighted by molar-refractivity contribution is -0.121. The molecule has 0 spiro atoms. The highest BCUT2D eigenvalue weighted by atomic mass is 19.3. The van der Waals surface area contributed by atoms with Crippen molar-refractivity contribution < 1.29 is 32.8 Å². The number of para-hydroxylation sites is 1. The van der Waals surface area contributed by atoms with Gasteiger partial charge in [0.2, 0.25) is 5.92 Å². The van der Waals surface area contributed by atoms with Crippen molar-refractivity contribution in [3.8, 4) is 5.75 Å². The van der Waals surface area contributed by atoms with Crippen LogP contribution < -0.4 is 4.65 Å². The van der Waals surface area contributed by atoms with Crippen LogP contribution in [0, 0.1) is 5.92 Å². The Kier molecular flexibility index (Phi) is 8.19. The van der Waals surface area contributed by atoms with Crippen LogP contribution in [0.4, 0.5) is 8.78 Å².